The lowest BCUT2D eigenvalue weighted by atomic mass is 10.1. The highest BCUT2D eigenvalue weighted by molar-refractivity contribution is 7.99. The fraction of sp³-hybridized carbons (Fsp3) is 0.217. The molecule has 1 amide bonds. The smallest absolute Gasteiger partial charge is 0.416 e. The highest BCUT2D eigenvalue weighted by atomic mass is 32.2. The molecule has 2 aromatic carbocycles. The first-order chi connectivity index (χ1) is 16.1. The van der Waals surface area contributed by atoms with Crippen LogP contribution in [0.1, 0.15) is 32.9 Å². The molecule has 0 bridgehead atoms. The molecule has 0 spiro atoms. The summed E-state index contributed by atoms with van der Waals surface area (Å²) in [4.78, 5) is 32.5. The number of alkyl halides is 3. The molecule has 0 saturated carbocycles. The summed E-state index contributed by atoms with van der Waals surface area (Å²) in [5, 5.41) is 13.1. The normalized spacial score (nSPS) is 11.3. The summed E-state index contributed by atoms with van der Waals surface area (Å²) in [5.74, 6) is -0.923. The minimum absolute atomic E-state index is 0.112. The van der Waals surface area contributed by atoms with E-state index in [2.05, 4.69) is 15.3 Å². The van der Waals surface area contributed by atoms with Crippen molar-refractivity contribution in [2.75, 3.05) is 17.8 Å². The maximum Gasteiger partial charge on any atom is 0.416 e. The summed E-state index contributed by atoms with van der Waals surface area (Å²) in [6, 6.07) is 10.9. The van der Waals surface area contributed by atoms with E-state index in [4.69, 9.17) is 5.11 Å². The van der Waals surface area contributed by atoms with Crippen LogP contribution in [0, 0.1) is 0 Å². The van der Waals surface area contributed by atoms with E-state index in [-0.39, 0.29) is 12.0 Å². The van der Waals surface area contributed by atoms with E-state index in [9.17, 15) is 22.8 Å². The lowest BCUT2D eigenvalue weighted by Gasteiger charge is -2.12. The molecule has 0 aliphatic heterocycles. The molecule has 3 aromatic rings. The van der Waals surface area contributed by atoms with Crippen LogP contribution in [0.2, 0.25) is 0 Å². The molecule has 0 aliphatic carbocycles. The molecule has 0 atom stereocenters. The Labute approximate surface area is 202 Å². The van der Waals surface area contributed by atoms with Crippen LogP contribution < -0.4 is 5.32 Å². The van der Waals surface area contributed by atoms with Crippen LogP contribution in [0.25, 0.3) is 0 Å². The van der Waals surface area contributed by atoms with Crippen LogP contribution in [0.3, 0.4) is 0 Å². The summed E-state index contributed by atoms with van der Waals surface area (Å²) in [7, 11) is 0. The Hall–Kier alpha value is -3.05. The molecule has 0 aliphatic rings. The quantitative estimate of drug-likeness (QED) is 0.311. The van der Waals surface area contributed by atoms with Crippen molar-refractivity contribution in [2.45, 2.75) is 29.1 Å². The molecule has 2 N–H and O–H groups in total. The number of nitrogens with one attached hydrogen (secondary N) is 1. The first-order valence-corrected chi connectivity index (χ1v) is 12.3. The van der Waals surface area contributed by atoms with Crippen LogP contribution in [0.4, 0.5) is 18.9 Å². The standard InChI is InChI=1S/C23H20F3N3O3S2/c1-33-21-17(12-19(30)31)22(34-2)29-18(28-21)11-13-3-9-16(10-4-13)27-20(32)14-5-7-15(8-6-14)23(24,25)26/h3-10H,11-12H2,1-2H3,(H,27,32)(H,30,31). The van der Waals surface area contributed by atoms with Gasteiger partial charge in [-0.25, -0.2) is 9.97 Å². The van der Waals surface area contributed by atoms with Gasteiger partial charge in [-0.15, -0.1) is 23.5 Å². The van der Waals surface area contributed by atoms with Gasteiger partial charge < -0.3 is 10.4 Å². The minimum Gasteiger partial charge on any atom is -0.481 e. The predicted molar refractivity (Wildman–Crippen MR) is 126 cm³/mol. The van der Waals surface area contributed by atoms with Gasteiger partial charge in [-0.3, -0.25) is 9.59 Å². The van der Waals surface area contributed by atoms with Crippen molar-refractivity contribution in [3.63, 3.8) is 0 Å². The summed E-state index contributed by atoms with van der Waals surface area (Å²) < 4.78 is 38.0. The highest BCUT2D eigenvalue weighted by Crippen LogP contribution is 2.30. The molecule has 178 valence electrons. The zero-order valence-corrected chi connectivity index (χ0v) is 19.8. The fourth-order valence-electron chi connectivity index (χ4n) is 3.11. The van der Waals surface area contributed by atoms with Crippen LogP contribution in [0.5, 0.6) is 0 Å². The summed E-state index contributed by atoms with van der Waals surface area (Å²) >= 11 is 2.73. The molecule has 34 heavy (non-hydrogen) atoms. The number of carboxylic acid groups (broad SMARTS) is 1. The number of amides is 1. The largest absolute Gasteiger partial charge is 0.481 e. The summed E-state index contributed by atoms with van der Waals surface area (Å²) in [5.41, 5.74) is 1.25. The number of aliphatic carboxylic acids is 1. The fourth-order valence-corrected chi connectivity index (χ4v) is 4.40. The van der Waals surface area contributed by atoms with E-state index < -0.39 is 23.6 Å². The number of aromatic nitrogens is 2. The van der Waals surface area contributed by atoms with Gasteiger partial charge in [0.05, 0.1) is 12.0 Å². The van der Waals surface area contributed by atoms with Crippen LogP contribution in [-0.2, 0) is 23.8 Å². The zero-order valence-electron chi connectivity index (χ0n) is 18.1. The Balaban J connectivity index is 1.71. The second-order valence-electron chi connectivity index (χ2n) is 7.11. The molecular formula is C23H20F3N3O3S2. The third-order valence-electron chi connectivity index (χ3n) is 4.74. The third kappa shape index (κ3) is 6.51. The number of carbonyl (C=O) groups excluding carboxylic acids is 1. The molecule has 11 heteroatoms. The Morgan fingerprint density at radius 3 is 1.97 bits per heavy atom. The number of benzene rings is 2. The molecule has 3 rings (SSSR count). The Morgan fingerprint density at radius 1 is 0.941 bits per heavy atom. The SMILES string of the molecule is CSc1nc(Cc2ccc(NC(=O)c3ccc(C(F)(F)F)cc3)cc2)nc(SC)c1CC(=O)O. The molecule has 0 unspecified atom stereocenters. The maximum atomic E-state index is 12.7. The minimum atomic E-state index is -4.46. The maximum absolute atomic E-state index is 12.7. The van der Waals surface area contributed by atoms with Gasteiger partial charge in [0.25, 0.3) is 5.91 Å². The first kappa shape index (κ1) is 25.6. The number of carboxylic acids is 1. The van der Waals surface area contributed by atoms with Crippen LogP contribution in [-0.4, -0.2) is 39.5 Å². The number of carbonyl (C=O) groups is 2. The average Bonchev–Trinajstić information content (AvgIpc) is 2.80. The molecule has 1 heterocycles. The Bertz CT molecular complexity index is 1160. The van der Waals surface area contributed by atoms with Gasteiger partial charge in [-0.2, -0.15) is 13.2 Å². The van der Waals surface area contributed by atoms with Gasteiger partial charge in [0.1, 0.15) is 15.9 Å². The highest BCUT2D eigenvalue weighted by Gasteiger charge is 2.30. The molecule has 0 radical (unpaired) electrons. The lowest BCUT2D eigenvalue weighted by molar-refractivity contribution is -0.138. The Morgan fingerprint density at radius 2 is 1.50 bits per heavy atom. The Kier molecular flexibility index (Phi) is 8.21. The summed E-state index contributed by atoms with van der Waals surface area (Å²) in [6.45, 7) is 0. The average molecular weight is 508 g/mol. The molecule has 1 aromatic heterocycles. The topological polar surface area (TPSA) is 92.2 Å². The number of thioether (sulfide) groups is 2. The van der Waals surface area contributed by atoms with Crippen molar-refractivity contribution in [1.82, 2.24) is 9.97 Å². The van der Waals surface area contributed by atoms with E-state index in [1.807, 2.05) is 12.5 Å². The van der Waals surface area contributed by atoms with E-state index in [1.54, 1.807) is 24.3 Å². The van der Waals surface area contributed by atoms with Crippen molar-refractivity contribution in [3.8, 4) is 0 Å². The van der Waals surface area contributed by atoms with E-state index in [0.29, 0.717) is 33.5 Å². The number of anilines is 1. The number of rotatable bonds is 8. The van der Waals surface area contributed by atoms with Crippen molar-refractivity contribution < 1.29 is 27.9 Å². The monoisotopic (exact) mass is 507 g/mol. The third-order valence-corrected chi connectivity index (χ3v) is 6.19. The second kappa shape index (κ2) is 10.9. The van der Waals surface area contributed by atoms with Gasteiger partial charge in [0.2, 0.25) is 0 Å². The number of halogens is 3. The van der Waals surface area contributed by atoms with E-state index >= 15 is 0 Å². The number of hydrogen-bond donors (Lipinski definition) is 2. The van der Waals surface area contributed by atoms with Gasteiger partial charge in [-0.1, -0.05) is 12.1 Å². The molecular weight excluding hydrogens is 487 g/mol. The lowest BCUT2D eigenvalue weighted by Crippen LogP contribution is -2.13. The van der Waals surface area contributed by atoms with Gasteiger partial charge in [0.15, 0.2) is 0 Å². The number of nitrogens with zero attached hydrogens (tertiary/aromatic N) is 2. The van der Waals surface area contributed by atoms with Gasteiger partial charge in [0, 0.05) is 23.2 Å². The van der Waals surface area contributed by atoms with Crippen molar-refractivity contribution >= 4 is 41.1 Å². The van der Waals surface area contributed by atoms with Gasteiger partial charge in [-0.05, 0) is 54.5 Å². The first-order valence-electron chi connectivity index (χ1n) is 9.87. The summed E-state index contributed by atoms with van der Waals surface area (Å²) in [6.07, 6.45) is -0.550. The predicted octanol–water partition coefficient (Wildman–Crippen LogP) is 5.41. The van der Waals surface area contributed by atoms with Crippen molar-refractivity contribution in [1.29, 1.82) is 0 Å². The van der Waals surface area contributed by atoms with E-state index in [0.717, 1.165) is 29.8 Å². The zero-order chi connectivity index (χ0) is 24.9. The van der Waals surface area contributed by atoms with Gasteiger partial charge >= 0.3 is 12.1 Å². The van der Waals surface area contributed by atoms with Crippen LogP contribution in [0.15, 0.2) is 58.6 Å². The second-order valence-corrected chi connectivity index (χ2v) is 8.70. The molecule has 6 nitrogen and oxygen atoms in total. The van der Waals surface area contributed by atoms with Crippen molar-refractivity contribution in [2.24, 2.45) is 0 Å². The molecule has 0 saturated heterocycles. The van der Waals surface area contributed by atoms with E-state index in [1.165, 1.54) is 23.5 Å². The van der Waals surface area contributed by atoms with Crippen LogP contribution >= 0.6 is 23.5 Å². The van der Waals surface area contributed by atoms with Crippen molar-refractivity contribution in [3.05, 3.63) is 76.6 Å². The molecule has 0 fully saturated rings. The number of hydrogen-bond acceptors (Lipinski definition) is 6.